The second-order valence-corrected chi connectivity index (χ2v) is 13.6. The lowest BCUT2D eigenvalue weighted by molar-refractivity contribution is -0.0792. The standard InChI is InChI=1S/C41H44N4O7/c1-8-15-44-28-17-27-33(36(47)40(52-7)22(3)38(27)50-5)34(44)29-18-26-32(35(46)39(51-6)21(2)37(26)49-4)31(45(29)30(28)19-42)20-43-41(48)25-14-13-23-11-9-10-12-24(23)16-25/h8-14,16,28-31,34,46-47H,1,15,17-18,20H2,2-7H3,(H,43,48)/t28-,29-,30-,31-,34-/m0/s1. The zero-order valence-electron chi connectivity index (χ0n) is 30.3. The third kappa shape index (κ3) is 5.12. The van der Waals surface area contributed by atoms with Gasteiger partial charge in [0.05, 0.1) is 46.6 Å². The van der Waals surface area contributed by atoms with Gasteiger partial charge in [-0.1, -0.05) is 36.4 Å². The number of phenolic OH excluding ortho intramolecular Hbond substituents is 2. The average molecular weight is 705 g/mol. The molecule has 0 unspecified atom stereocenters. The number of amides is 1. The van der Waals surface area contributed by atoms with Gasteiger partial charge in [-0.25, -0.2) is 0 Å². The Labute approximate surface area is 303 Å². The van der Waals surface area contributed by atoms with E-state index in [0.717, 1.165) is 21.9 Å². The Bertz CT molecular complexity index is 2140. The van der Waals surface area contributed by atoms with Gasteiger partial charge >= 0.3 is 0 Å². The number of benzene rings is 4. The number of hydrogen-bond donors (Lipinski definition) is 3. The number of methoxy groups -OCH3 is 4. The Kier molecular flexibility index (Phi) is 9.15. The van der Waals surface area contributed by atoms with Crippen LogP contribution in [-0.2, 0) is 12.8 Å². The van der Waals surface area contributed by atoms with Gasteiger partial charge in [-0.2, -0.15) is 5.26 Å². The summed E-state index contributed by atoms with van der Waals surface area (Å²) in [6.07, 6.45) is 2.57. The van der Waals surface area contributed by atoms with Crippen molar-refractivity contribution in [2.45, 2.75) is 56.9 Å². The van der Waals surface area contributed by atoms with Crippen LogP contribution in [0.25, 0.3) is 10.8 Å². The number of nitriles is 1. The summed E-state index contributed by atoms with van der Waals surface area (Å²) < 4.78 is 23.5. The van der Waals surface area contributed by atoms with Crippen LogP contribution >= 0.6 is 0 Å². The number of rotatable bonds is 9. The summed E-state index contributed by atoms with van der Waals surface area (Å²) in [4.78, 5) is 18.2. The van der Waals surface area contributed by atoms with E-state index >= 15 is 0 Å². The number of phenols is 2. The summed E-state index contributed by atoms with van der Waals surface area (Å²) in [5, 5.41) is 40.1. The lowest BCUT2D eigenvalue weighted by Crippen LogP contribution is -2.69. The molecule has 1 saturated heterocycles. The summed E-state index contributed by atoms with van der Waals surface area (Å²) >= 11 is 0. The van der Waals surface area contributed by atoms with E-state index in [1.54, 1.807) is 20.3 Å². The van der Waals surface area contributed by atoms with Crippen LogP contribution in [0.2, 0.25) is 0 Å². The fourth-order valence-corrected chi connectivity index (χ4v) is 9.28. The van der Waals surface area contributed by atoms with E-state index in [-0.39, 0.29) is 35.7 Å². The number of piperazine rings is 1. The van der Waals surface area contributed by atoms with Crippen molar-refractivity contribution in [3.63, 3.8) is 0 Å². The molecule has 7 rings (SSSR count). The molecular weight excluding hydrogens is 660 g/mol. The van der Waals surface area contributed by atoms with Crippen LogP contribution in [-0.4, -0.2) is 85.6 Å². The first-order valence-corrected chi connectivity index (χ1v) is 17.4. The van der Waals surface area contributed by atoms with Gasteiger partial charge in [0.15, 0.2) is 23.0 Å². The van der Waals surface area contributed by atoms with E-state index in [1.807, 2.05) is 56.3 Å². The van der Waals surface area contributed by atoms with Crippen LogP contribution in [0.15, 0.2) is 55.1 Å². The molecule has 0 aliphatic carbocycles. The SMILES string of the molecule is C=CCN1[C@@H]2c3c(O)c(OC)c(C)c(OC)c3C[C@H]1[C@H](C#N)N1[C@@H](CNC(=O)c3ccc4ccccc4c3)c3c(O)c(OC)c(C)c(OC)c3C[C@@H]21. The van der Waals surface area contributed by atoms with Gasteiger partial charge in [-0.15, -0.1) is 6.58 Å². The molecule has 1 fully saturated rings. The minimum atomic E-state index is -0.697. The van der Waals surface area contributed by atoms with E-state index in [1.165, 1.54) is 14.2 Å². The van der Waals surface area contributed by atoms with Crippen molar-refractivity contribution in [1.29, 1.82) is 5.26 Å². The van der Waals surface area contributed by atoms with Gasteiger partial charge in [-0.3, -0.25) is 14.6 Å². The average Bonchev–Trinajstić information content (AvgIpc) is 3.14. The van der Waals surface area contributed by atoms with Crippen LogP contribution in [0.4, 0.5) is 0 Å². The molecule has 0 radical (unpaired) electrons. The number of nitrogens with zero attached hydrogens (tertiary/aromatic N) is 3. The van der Waals surface area contributed by atoms with E-state index in [2.05, 4.69) is 27.8 Å². The number of carbonyl (C=O) groups excluding carboxylic acids is 1. The van der Waals surface area contributed by atoms with Crippen LogP contribution in [0.5, 0.6) is 34.5 Å². The summed E-state index contributed by atoms with van der Waals surface area (Å²) in [6, 6.07) is 13.4. The molecule has 4 aromatic carbocycles. The number of carbonyl (C=O) groups is 1. The molecule has 5 atom stereocenters. The predicted octanol–water partition coefficient (Wildman–Crippen LogP) is 5.66. The maximum absolute atomic E-state index is 13.9. The summed E-state index contributed by atoms with van der Waals surface area (Å²) in [7, 11) is 6.21. The van der Waals surface area contributed by atoms with Gasteiger partial charge in [0.25, 0.3) is 5.91 Å². The Morgan fingerprint density at radius 2 is 1.46 bits per heavy atom. The third-order valence-electron chi connectivity index (χ3n) is 11.3. The second kappa shape index (κ2) is 13.6. The summed E-state index contributed by atoms with van der Waals surface area (Å²) in [5.74, 6) is 1.45. The van der Waals surface area contributed by atoms with Crippen molar-refractivity contribution >= 4 is 16.7 Å². The van der Waals surface area contributed by atoms with Crippen LogP contribution in [0.1, 0.15) is 55.8 Å². The van der Waals surface area contributed by atoms with Crippen molar-refractivity contribution in [2.24, 2.45) is 0 Å². The second-order valence-electron chi connectivity index (χ2n) is 13.6. The summed E-state index contributed by atoms with van der Waals surface area (Å²) in [5.41, 5.74) is 4.59. The Balaban J connectivity index is 1.43. The highest BCUT2D eigenvalue weighted by Gasteiger charge is 2.57. The van der Waals surface area contributed by atoms with Gasteiger partial charge in [0.1, 0.15) is 17.5 Å². The normalized spacial score (nSPS) is 22.0. The molecule has 3 heterocycles. The predicted molar refractivity (Wildman–Crippen MR) is 197 cm³/mol. The zero-order valence-corrected chi connectivity index (χ0v) is 30.3. The molecule has 1 amide bonds. The Morgan fingerprint density at radius 3 is 2.06 bits per heavy atom. The molecule has 3 aliphatic rings. The lowest BCUT2D eigenvalue weighted by Gasteiger charge is -2.60. The maximum Gasteiger partial charge on any atom is 0.251 e. The first-order chi connectivity index (χ1) is 25.1. The minimum Gasteiger partial charge on any atom is -0.504 e. The number of nitrogens with one attached hydrogen (secondary N) is 1. The molecule has 2 bridgehead atoms. The molecule has 0 aromatic heterocycles. The van der Waals surface area contributed by atoms with Crippen LogP contribution < -0.4 is 24.3 Å². The van der Waals surface area contributed by atoms with Crippen molar-refractivity contribution in [2.75, 3.05) is 41.5 Å². The van der Waals surface area contributed by atoms with Crippen molar-refractivity contribution in [3.8, 4) is 40.6 Å². The van der Waals surface area contributed by atoms with Gasteiger partial charge in [0.2, 0.25) is 0 Å². The molecule has 11 nitrogen and oxygen atoms in total. The highest BCUT2D eigenvalue weighted by atomic mass is 16.5. The quantitative estimate of drug-likeness (QED) is 0.187. The lowest BCUT2D eigenvalue weighted by atomic mass is 9.71. The Hall–Kier alpha value is -5.44. The molecule has 0 spiro atoms. The largest absolute Gasteiger partial charge is 0.504 e. The van der Waals surface area contributed by atoms with Gasteiger partial charge in [0, 0.05) is 64.1 Å². The highest BCUT2D eigenvalue weighted by molar-refractivity contribution is 5.98. The van der Waals surface area contributed by atoms with E-state index < -0.39 is 24.2 Å². The zero-order chi connectivity index (χ0) is 37.0. The molecule has 11 heteroatoms. The van der Waals surface area contributed by atoms with Crippen molar-refractivity contribution < 1.29 is 34.0 Å². The van der Waals surface area contributed by atoms with E-state index in [9.17, 15) is 20.3 Å². The minimum absolute atomic E-state index is 0.0244. The number of aromatic hydroxyl groups is 2. The molecule has 52 heavy (non-hydrogen) atoms. The fourth-order valence-electron chi connectivity index (χ4n) is 9.28. The summed E-state index contributed by atoms with van der Waals surface area (Å²) in [6.45, 7) is 8.26. The topological polar surface area (TPSA) is 137 Å². The first kappa shape index (κ1) is 35.0. The molecule has 3 aliphatic heterocycles. The first-order valence-electron chi connectivity index (χ1n) is 17.4. The molecule has 0 saturated carbocycles. The molecule has 270 valence electrons. The molecule has 3 N–H and O–H groups in total. The smallest absolute Gasteiger partial charge is 0.251 e. The molecular formula is C41H44N4O7. The van der Waals surface area contributed by atoms with Crippen LogP contribution in [0, 0.1) is 25.2 Å². The number of hydrogen-bond acceptors (Lipinski definition) is 10. The number of fused-ring (bicyclic) bond motifs is 8. The van der Waals surface area contributed by atoms with E-state index in [4.69, 9.17) is 18.9 Å². The van der Waals surface area contributed by atoms with Crippen molar-refractivity contribution in [1.82, 2.24) is 15.1 Å². The van der Waals surface area contributed by atoms with Crippen LogP contribution in [0.3, 0.4) is 0 Å². The van der Waals surface area contributed by atoms with E-state index in [0.29, 0.717) is 64.5 Å². The highest BCUT2D eigenvalue weighted by Crippen LogP contribution is 2.59. The third-order valence-corrected chi connectivity index (χ3v) is 11.3. The fraction of sp³-hybridized carbons (Fsp3) is 0.366. The maximum atomic E-state index is 13.9. The number of ether oxygens (including phenoxy) is 4. The monoisotopic (exact) mass is 704 g/mol. The van der Waals surface area contributed by atoms with Gasteiger partial charge < -0.3 is 34.5 Å². The van der Waals surface area contributed by atoms with Gasteiger partial charge in [-0.05, 0) is 49.6 Å². The Morgan fingerprint density at radius 1 is 0.885 bits per heavy atom. The van der Waals surface area contributed by atoms with Crippen molar-refractivity contribution in [3.05, 3.63) is 94.1 Å². The molecule has 4 aromatic rings.